The van der Waals surface area contributed by atoms with Gasteiger partial charge >= 0.3 is 0 Å². The van der Waals surface area contributed by atoms with Crippen molar-refractivity contribution >= 4 is 5.69 Å². The molecule has 2 heteroatoms. The number of hydrogen-bond donors (Lipinski definition) is 1. The Bertz CT molecular complexity index is 352. The Kier molecular flexibility index (Phi) is 3.20. The average molecular weight is 218 g/mol. The first kappa shape index (κ1) is 11.5. The molecular formula is C14H22N2. The Balaban J connectivity index is 2.22. The standard InChI is InChI=1S/C14H22N2/c1-14(2,16-9-4-3-5-10-16)12-7-6-8-13(15)11-12/h6-8,11H,3-5,9-10,15H2,1-2H3. The molecule has 0 aliphatic carbocycles. The molecule has 1 aromatic rings. The van der Waals surface area contributed by atoms with Gasteiger partial charge in [-0.25, -0.2) is 0 Å². The molecule has 1 heterocycles. The normalized spacial score (nSPS) is 18.6. The molecule has 2 rings (SSSR count). The quantitative estimate of drug-likeness (QED) is 0.773. The second-order valence-corrected chi connectivity index (χ2v) is 5.23. The van der Waals surface area contributed by atoms with Crippen LogP contribution in [0.1, 0.15) is 38.7 Å². The van der Waals surface area contributed by atoms with Crippen molar-refractivity contribution in [3.63, 3.8) is 0 Å². The number of nitrogen functional groups attached to an aromatic ring is 1. The number of nitrogens with two attached hydrogens (primary N) is 1. The highest BCUT2D eigenvalue weighted by Gasteiger charge is 2.29. The van der Waals surface area contributed by atoms with Crippen LogP contribution in [0.2, 0.25) is 0 Å². The highest BCUT2D eigenvalue weighted by molar-refractivity contribution is 5.42. The fourth-order valence-corrected chi connectivity index (χ4v) is 2.55. The minimum absolute atomic E-state index is 0.107. The zero-order chi connectivity index (χ0) is 11.6. The van der Waals surface area contributed by atoms with Crippen molar-refractivity contribution in [2.75, 3.05) is 18.8 Å². The Morgan fingerprint density at radius 3 is 2.44 bits per heavy atom. The summed E-state index contributed by atoms with van der Waals surface area (Å²) in [5.74, 6) is 0. The van der Waals surface area contributed by atoms with E-state index in [1.807, 2.05) is 6.07 Å². The summed E-state index contributed by atoms with van der Waals surface area (Å²) < 4.78 is 0. The van der Waals surface area contributed by atoms with Crippen molar-refractivity contribution in [3.05, 3.63) is 29.8 Å². The topological polar surface area (TPSA) is 29.3 Å². The largest absolute Gasteiger partial charge is 0.399 e. The number of anilines is 1. The van der Waals surface area contributed by atoms with Crippen molar-refractivity contribution in [1.29, 1.82) is 0 Å². The first-order valence-corrected chi connectivity index (χ1v) is 6.22. The maximum atomic E-state index is 5.87. The van der Waals surface area contributed by atoms with E-state index in [4.69, 9.17) is 5.73 Å². The van der Waals surface area contributed by atoms with Gasteiger partial charge in [-0.3, -0.25) is 4.90 Å². The smallest absolute Gasteiger partial charge is 0.0405 e. The third-order valence-electron chi connectivity index (χ3n) is 3.74. The molecule has 0 saturated carbocycles. The minimum Gasteiger partial charge on any atom is -0.399 e. The lowest BCUT2D eigenvalue weighted by Gasteiger charge is -2.41. The molecule has 0 bridgehead atoms. The predicted octanol–water partition coefficient (Wildman–Crippen LogP) is 2.99. The zero-order valence-corrected chi connectivity index (χ0v) is 10.4. The van der Waals surface area contributed by atoms with Crippen molar-refractivity contribution in [1.82, 2.24) is 4.90 Å². The van der Waals surface area contributed by atoms with Crippen LogP contribution in [0.5, 0.6) is 0 Å². The summed E-state index contributed by atoms with van der Waals surface area (Å²) in [6, 6.07) is 8.30. The molecule has 1 saturated heterocycles. The molecular weight excluding hydrogens is 196 g/mol. The van der Waals surface area contributed by atoms with E-state index < -0.39 is 0 Å². The van der Waals surface area contributed by atoms with Gasteiger partial charge in [-0.15, -0.1) is 0 Å². The minimum atomic E-state index is 0.107. The van der Waals surface area contributed by atoms with Crippen molar-refractivity contribution in [2.24, 2.45) is 0 Å². The molecule has 0 atom stereocenters. The molecule has 0 amide bonds. The lowest BCUT2D eigenvalue weighted by Crippen LogP contribution is -2.44. The van der Waals surface area contributed by atoms with Crippen LogP contribution < -0.4 is 5.73 Å². The van der Waals surface area contributed by atoms with Crippen LogP contribution in [-0.2, 0) is 5.54 Å². The number of rotatable bonds is 2. The Morgan fingerprint density at radius 2 is 1.81 bits per heavy atom. The molecule has 0 spiro atoms. The van der Waals surface area contributed by atoms with Gasteiger partial charge in [-0.1, -0.05) is 18.6 Å². The molecule has 1 aliphatic rings. The molecule has 0 aromatic heterocycles. The van der Waals surface area contributed by atoms with Gasteiger partial charge in [0.15, 0.2) is 0 Å². The van der Waals surface area contributed by atoms with E-state index in [-0.39, 0.29) is 5.54 Å². The van der Waals surface area contributed by atoms with Crippen LogP contribution >= 0.6 is 0 Å². The number of nitrogens with zero attached hydrogens (tertiary/aromatic N) is 1. The highest BCUT2D eigenvalue weighted by atomic mass is 15.2. The van der Waals surface area contributed by atoms with Gasteiger partial charge < -0.3 is 5.73 Å². The molecule has 88 valence electrons. The second kappa shape index (κ2) is 4.46. The molecule has 1 fully saturated rings. The molecule has 1 aliphatic heterocycles. The SMILES string of the molecule is CC(C)(c1cccc(N)c1)N1CCCCC1. The molecule has 2 N–H and O–H groups in total. The lowest BCUT2D eigenvalue weighted by molar-refractivity contribution is 0.0944. The average Bonchev–Trinajstić information content (AvgIpc) is 2.30. The van der Waals surface area contributed by atoms with Gasteiger partial charge in [0.1, 0.15) is 0 Å². The van der Waals surface area contributed by atoms with Crippen LogP contribution in [0, 0.1) is 0 Å². The molecule has 0 unspecified atom stereocenters. The zero-order valence-electron chi connectivity index (χ0n) is 10.4. The Morgan fingerprint density at radius 1 is 1.12 bits per heavy atom. The Hall–Kier alpha value is -1.02. The summed E-state index contributed by atoms with van der Waals surface area (Å²) in [6.45, 7) is 7.02. The third kappa shape index (κ3) is 2.22. The molecule has 2 nitrogen and oxygen atoms in total. The Labute approximate surface area is 98.4 Å². The van der Waals surface area contributed by atoms with Crippen LogP contribution in [-0.4, -0.2) is 18.0 Å². The fraction of sp³-hybridized carbons (Fsp3) is 0.571. The van der Waals surface area contributed by atoms with Crippen LogP contribution in [0.25, 0.3) is 0 Å². The highest BCUT2D eigenvalue weighted by Crippen LogP contribution is 2.31. The number of benzene rings is 1. The summed E-state index contributed by atoms with van der Waals surface area (Å²) in [5, 5.41) is 0. The summed E-state index contributed by atoms with van der Waals surface area (Å²) in [7, 11) is 0. The predicted molar refractivity (Wildman–Crippen MR) is 69.3 cm³/mol. The van der Waals surface area contributed by atoms with E-state index in [0.29, 0.717) is 0 Å². The van der Waals surface area contributed by atoms with E-state index in [0.717, 1.165) is 5.69 Å². The van der Waals surface area contributed by atoms with Gasteiger partial charge in [0.05, 0.1) is 0 Å². The molecule has 16 heavy (non-hydrogen) atoms. The van der Waals surface area contributed by atoms with E-state index >= 15 is 0 Å². The van der Waals surface area contributed by atoms with Crippen molar-refractivity contribution < 1.29 is 0 Å². The number of hydrogen-bond acceptors (Lipinski definition) is 2. The van der Waals surface area contributed by atoms with Crippen LogP contribution in [0.15, 0.2) is 24.3 Å². The first-order valence-electron chi connectivity index (χ1n) is 6.22. The van der Waals surface area contributed by atoms with Crippen molar-refractivity contribution in [3.8, 4) is 0 Å². The van der Waals surface area contributed by atoms with Gasteiger partial charge in [0.25, 0.3) is 0 Å². The van der Waals surface area contributed by atoms with Gasteiger partial charge in [-0.2, -0.15) is 0 Å². The van der Waals surface area contributed by atoms with Crippen LogP contribution in [0.3, 0.4) is 0 Å². The summed E-state index contributed by atoms with van der Waals surface area (Å²) in [4.78, 5) is 2.57. The van der Waals surface area contributed by atoms with Crippen LogP contribution in [0.4, 0.5) is 5.69 Å². The van der Waals surface area contributed by atoms with E-state index in [1.54, 1.807) is 0 Å². The van der Waals surface area contributed by atoms with Gasteiger partial charge in [0.2, 0.25) is 0 Å². The first-order chi connectivity index (χ1) is 7.60. The fourth-order valence-electron chi connectivity index (χ4n) is 2.55. The lowest BCUT2D eigenvalue weighted by atomic mass is 9.90. The maximum absolute atomic E-state index is 5.87. The summed E-state index contributed by atoms with van der Waals surface area (Å²) in [5.41, 5.74) is 8.16. The summed E-state index contributed by atoms with van der Waals surface area (Å²) in [6.07, 6.45) is 4.03. The monoisotopic (exact) mass is 218 g/mol. The molecule has 0 radical (unpaired) electrons. The van der Waals surface area contributed by atoms with E-state index in [9.17, 15) is 0 Å². The van der Waals surface area contributed by atoms with Gasteiger partial charge in [-0.05, 0) is 57.5 Å². The summed E-state index contributed by atoms with van der Waals surface area (Å²) >= 11 is 0. The molecule has 1 aromatic carbocycles. The third-order valence-corrected chi connectivity index (χ3v) is 3.74. The second-order valence-electron chi connectivity index (χ2n) is 5.23. The van der Waals surface area contributed by atoms with E-state index in [2.05, 4.69) is 36.9 Å². The number of likely N-dealkylation sites (tertiary alicyclic amines) is 1. The van der Waals surface area contributed by atoms with Gasteiger partial charge in [0, 0.05) is 11.2 Å². The van der Waals surface area contributed by atoms with Crippen molar-refractivity contribution in [2.45, 2.75) is 38.6 Å². The van der Waals surface area contributed by atoms with E-state index in [1.165, 1.54) is 37.9 Å². The number of piperidine rings is 1. The maximum Gasteiger partial charge on any atom is 0.0405 e.